The van der Waals surface area contributed by atoms with Crippen LogP contribution in [0.15, 0.2) is 66.7 Å². The zero-order chi connectivity index (χ0) is 37.1. The van der Waals surface area contributed by atoms with Crippen molar-refractivity contribution in [2.45, 2.75) is 103 Å². The summed E-state index contributed by atoms with van der Waals surface area (Å²) in [6.45, 7) is 8.42. The number of piperidine rings is 1. The van der Waals surface area contributed by atoms with Crippen molar-refractivity contribution < 1.29 is 24.3 Å². The van der Waals surface area contributed by atoms with E-state index in [0.29, 0.717) is 50.2 Å². The molecule has 4 amide bonds. The lowest BCUT2D eigenvalue weighted by Gasteiger charge is -2.39. The first-order chi connectivity index (χ1) is 24.4. The fraction of sp³-hybridized carbons (Fsp3) is 0.450. The number of likely N-dealkylation sites (tertiary alicyclic amines) is 1. The van der Waals surface area contributed by atoms with Crippen molar-refractivity contribution in [1.29, 1.82) is 0 Å². The van der Waals surface area contributed by atoms with Crippen LogP contribution in [-0.2, 0) is 32.0 Å². The molecule has 3 aromatic carbocycles. The molecule has 51 heavy (non-hydrogen) atoms. The molecule has 10 nitrogen and oxygen atoms in total. The number of hydrogen-bond donors (Lipinski definition) is 4. The summed E-state index contributed by atoms with van der Waals surface area (Å²) in [5, 5.41) is 16.3. The average molecular weight is 718 g/mol. The smallest absolute Gasteiger partial charge is 0.245 e. The molecule has 0 aliphatic carbocycles. The molecular formula is C40H52ClN5O5. The number of halogens is 1. The molecule has 1 heterocycles. The number of aryl methyl sites for hydroxylation is 2. The first-order valence-corrected chi connectivity index (χ1v) is 18.3. The van der Waals surface area contributed by atoms with E-state index < -0.39 is 29.9 Å². The number of amides is 4. The van der Waals surface area contributed by atoms with Crippen LogP contribution in [0.3, 0.4) is 0 Å². The first-order valence-electron chi connectivity index (χ1n) is 18.0. The zero-order valence-corrected chi connectivity index (χ0v) is 30.9. The summed E-state index contributed by atoms with van der Waals surface area (Å²) >= 11 is 6.14. The maximum absolute atomic E-state index is 14.2. The van der Waals surface area contributed by atoms with E-state index in [-0.39, 0.29) is 36.4 Å². The third-order valence-corrected chi connectivity index (χ3v) is 9.89. The second-order valence-corrected chi connectivity index (χ2v) is 13.9. The fourth-order valence-corrected chi connectivity index (χ4v) is 6.90. The first kappa shape index (κ1) is 39.4. The summed E-state index contributed by atoms with van der Waals surface area (Å²) in [4.78, 5) is 58.1. The number of unbranched alkanes of at least 4 members (excludes halogenated alkanes) is 1. The van der Waals surface area contributed by atoms with Crippen LogP contribution in [0.4, 0.5) is 5.69 Å². The second kappa shape index (κ2) is 18.7. The Bertz CT molecular complexity index is 1620. The number of carbonyl (C=O) groups excluding carboxylic acids is 4. The Hall–Kier alpha value is -4.41. The van der Waals surface area contributed by atoms with Crippen LogP contribution in [0.25, 0.3) is 0 Å². The number of benzene rings is 3. The molecule has 0 aromatic heterocycles. The standard InChI is InChI=1S/C40H52ClN5O5/c1-5-7-13-35(43-38(49)34(42)25-33-26(3)22-32(47)23-27(33)4)39(50)44-36(24-28-14-16-29(41)17-15-28)40(51)45-20-18-31(19-21-45)46(37(48)6-2)30-11-9-8-10-12-30/h8-12,14-17,22-23,31,34-36,47H,5-7,13,18-21,24-25,42H2,1-4H3,(H,43,49)(H,44,50)/t34-,35+,36-/m0/s1. The Morgan fingerprint density at radius 3 is 2.10 bits per heavy atom. The number of nitrogens with one attached hydrogen (secondary N) is 2. The maximum atomic E-state index is 14.2. The highest BCUT2D eigenvalue weighted by molar-refractivity contribution is 6.30. The van der Waals surface area contributed by atoms with E-state index in [1.165, 1.54) is 0 Å². The van der Waals surface area contributed by atoms with E-state index in [9.17, 15) is 24.3 Å². The molecule has 5 N–H and O–H groups in total. The molecule has 0 radical (unpaired) electrons. The van der Waals surface area contributed by atoms with Crippen LogP contribution in [0.5, 0.6) is 5.75 Å². The zero-order valence-electron chi connectivity index (χ0n) is 30.2. The monoisotopic (exact) mass is 717 g/mol. The van der Waals surface area contributed by atoms with Gasteiger partial charge >= 0.3 is 0 Å². The van der Waals surface area contributed by atoms with Crippen LogP contribution in [-0.4, -0.2) is 70.9 Å². The number of anilines is 1. The van der Waals surface area contributed by atoms with E-state index in [1.54, 1.807) is 29.2 Å². The van der Waals surface area contributed by atoms with Gasteiger partial charge in [0.25, 0.3) is 0 Å². The Morgan fingerprint density at radius 1 is 0.902 bits per heavy atom. The topological polar surface area (TPSA) is 145 Å². The minimum Gasteiger partial charge on any atom is -0.508 e. The number of rotatable bonds is 15. The lowest BCUT2D eigenvalue weighted by atomic mass is 9.95. The average Bonchev–Trinajstić information content (AvgIpc) is 3.12. The number of hydrogen-bond acceptors (Lipinski definition) is 6. The summed E-state index contributed by atoms with van der Waals surface area (Å²) in [6.07, 6.45) is 3.92. The quantitative estimate of drug-likeness (QED) is 0.166. The Kier molecular flexibility index (Phi) is 14.5. The van der Waals surface area contributed by atoms with Gasteiger partial charge in [-0.1, -0.05) is 68.6 Å². The largest absolute Gasteiger partial charge is 0.508 e. The number of nitrogens with zero attached hydrogens (tertiary/aromatic N) is 2. The van der Waals surface area contributed by atoms with E-state index in [4.69, 9.17) is 17.3 Å². The summed E-state index contributed by atoms with van der Waals surface area (Å²) in [5.74, 6) is -0.958. The third kappa shape index (κ3) is 10.8. The van der Waals surface area contributed by atoms with Crippen molar-refractivity contribution in [2.24, 2.45) is 5.73 Å². The number of phenols is 1. The highest BCUT2D eigenvalue weighted by Crippen LogP contribution is 2.26. The molecule has 1 fully saturated rings. The predicted octanol–water partition coefficient (Wildman–Crippen LogP) is 5.37. The van der Waals surface area contributed by atoms with Gasteiger partial charge in [-0.3, -0.25) is 19.2 Å². The van der Waals surface area contributed by atoms with Gasteiger partial charge < -0.3 is 31.3 Å². The highest BCUT2D eigenvalue weighted by atomic mass is 35.5. The molecule has 0 saturated carbocycles. The van der Waals surface area contributed by atoms with E-state index in [0.717, 1.165) is 34.4 Å². The number of aromatic hydroxyl groups is 1. The molecule has 11 heteroatoms. The maximum Gasteiger partial charge on any atom is 0.245 e. The number of nitrogens with two attached hydrogens (primary N) is 1. The molecule has 0 bridgehead atoms. The van der Waals surface area contributed by atoms with E-state index >= 15 is 0 Å². The van der Waals surface area contributed by atoms with Crippen LogP contribution in [0.2, 0.25) is 5.02 Å². The normalized spacial score (nSPS) is 15.1. The molecule has 4 rings (SSSR count). The summed E-state index contributed by atoms with van der Waals surface area (Å²) in [7, 11) is 0. The van der Waals surface area contributed by atoms with Gasteiger partial charge in [-0.15, -0.1) is 0 Å². The molecule has 0 spiro atoms. The molecule has 3 aromatic rings. The van der Waals surface area contributed by atoms with Crippen molar-refractivity contribution in [3.8, 4) is 5.75 Å². The molecule has 1 saturated heterocycles. The van der Waals surface area contributed by atoms with Gasteiger partial charge in [-0.05, 0) is 98.2 Å². The van der Waals surface area contributed by atoms with Gasteiger partial charge in [0.2, 0.25) is 23.6 Å². The van der Waals surface area contributed by atoms with E-state index in [1.807, 2.05) is 75.1 Å². The van der Waals surface area contributed by atoms with Crippen LogP contribution in [0, 0.1) is 13.8 Å². The van der Waals surface area contributed by atoms with Crippen molar-refractivity contribution in [3.63, 3.8) is 0 Å². The second-order valence-electron chi connectivity index (χ2n) is 13.5. The minimum absolute atomic E-state index is 0.0343. The third-order valence-electron chi connectivity index (χ3n) is 9.64. The molecule has 274 valence electrons. The number of carbonyl (C=O) groups is 4. The fourth-order valence-electron chi connectivity index (χ4n) is 6.77. The van der Waals surface area contributed by atoms with Crippen molar-refractivity contribution in [2.75, 3.05) is 18.0 Å². The van der Waals surface area contributed by atoms with Crippen LogP contribution >= 0.6 is 11.6 Å². The Labute approximate surface area is 306 Å². The van der Waals surface area contributed by atoms with Gasteiger partial charge in [0.15, 0.2) is 0 Å². The molecule has 3 atom stereocenters. The SMILES string of the molecule is CCCC[C@@H](NC(=O)[C@@H](N)Cc1c(C)cc(O)cc1C)C(=O)N[C@@H](Cc1ccc(Cl)cc1)C(=O)N1CCC(N(C(=O)CC)c2ccccc2)CC1. The van der Waals surface area contributed by atoms with Gasteiger partial charge in [0.05, 0.1) is 6.04 Å². The van der Waals surface area contributed by atoms with Crippen molar-refractivity contribution >= 4 is 40.9 Å². The van der Waals surface area contributed by atoms with Crippen LogP contribution < -0.4 is 21.3 Å². The number of phenolic OH excluding ortho intramolecular Hbond substituents is 1. The van der Waals surface area contributed by atoms with Gasteiger partial charge in [-0.25, -0.2) is 0 Å². The predicted molar refractivity (Wildman–Crippen MR) is 202 cm³/mol. The lowest BCUT2D eigenvalue weighted by molar-refractivity contribution is -0.138. The Morgan fingerprint density at radius 2 is 1.51 bits per heavy atom. The van der Waals surface area contributed by atoms with Gasteiger partial charge in [0, 0.05) is 42.7 Å². The van der Waals surface area contributed by atoms with Gasteiger partial charge in [0.1, 0.15) is 17.8 Å². The minimum atomic E-state index is -0.924. The van der Waals surface area contributed by atoms with Gasteiger partial charge in [-0.2, -0.15) is 0 Å². The highest BCUT2D eigenvalue weighted by Gasteiger charge is 2.34. The summed E-state index contributed by atoms with van der Waals surface area (Å²) in [5.41, 5.74) is 10.6. The summed E-state index contributed by atoms with van der Waals surface area (Å²) in [6, 6.07) is 17.3. The Balaban J connectivity index is 1.49. The van der Waals surface area contributed by atoms with E-state index in [2.05, 4.69) is 10.6 Å². The molecule has 1 aliphatic heterocycles. The summed E-state index contributed by atoms with van der Waals surface area (Å²) < 4.78 is 0. The molecular weight excluding hydrogens is 666 g/mol. The molecule has 0 unspecified atom stereocenters. The lowest BCUT2D eigenvalue weighted by Crippen LogP contribution is -2.58. The van der Waals surface area contributed by atoms with Crippen LogP contribution in [0.1, 0.15) is 74.6 Å². The molecule has 1 aliphatic rings. The van der Waals surface area contributed by atoms with Crippen molar-refractivity contribution in [1.82, 2.24) is 15.5 Å². The number of para-hydroxylation sites is 1. The van der Waals surface area contributed by atoms with Crippen molar-refractivity contribution in [3.05, 3.63) is 94.0 Å².